The molecule has 1 atom stereocenters. The molecule has 0 aliphatic carbocycles. The van der Waals surface area contributed by atoms with Gasteiger partial charge < -0.3 is 10.6 Å². The lowest BCUT2D eigenvalue weighted by Crippen LogP contribution is -2.31. The third-order valence-corrected chi connectivity index (χ3v) is 5.73. The van der Waals surface area contributed by atoms with E-state index in [1.807, 2.05) is 6.07 Å². The van der Waals surface area contributed by atoms with E-state index >= 15 is 0 Å². The van der Waals surface area contributed by atoms with Crippen LogP contribution in [0, 0.1) is 5.92 Å². The number of carbonyl (C=O) groups is 1. The van der Waals surface area contributed by atoms with Crippen molar-refractivity contribution < 1.29 is 4.79 Å². The predicted molar refractivity (Wildman–Crippen MR) is 107 cm³/mol. The summed E-state index contributed by atoms with van der Waals surface area (Å²) >= 11 is 1.72. The largest absolute Gasteiger partial charge is 0.348 e. The van der Waals surface area contributed by atoms with Crippen LogP contribution in [0.2, 0.25) is 0 Å². The number of benzene rings is 1. The number of halogens is 1. The quantitative estimate of drug-likeness (QED) is 0.752. The average molecular weight is 379 g/mol. The first kappa shape index (κ1) is 20.0. The minimum Gasteiger partial charge on any atom is -0.348 e. The maximum absolute atomic E-state index is 12.5. The van der Waals surface area contributed by atoms with E-state index in [4.69, 9.17) is 0 Å². The van der Waals surface area contributed by atoms with Gasteiger partial charge in [0.25, 0.3) is 0 Å². The SMILES string of the molecule is Cl.O=C(CCC1CCNCC1)NC(Cc1ccccc1)c1cccs1. The highest BCUT2D eigenvalue weighted by Crippen LogP contribution is 2.24. The first-order valence-electron chi connectivity index (χ1n) is 8.88. The van der Waals surface area contributed by atoms with Crippen molar-refractivity contribution in [2.24, 2.45) is 5.92 Å². The van der Waals surface area contributed by atoms with Crippen LogP contribution in [0.4, 0.5) is 0 Å². The van der Waals surface area contributed by atoms with Crippen molar-refractivity contribution in [3.63, 3.8) is 0 Å². The first-order valence-corrected chi connectivity index (χ1v) is 9.76. The topological polar surface area (TPSA) is 41.1 Å². The summed E-state index contributed by atoms with van der Waals surface area (Å²) in [5.74, 6) is 0.883. The van der Waals surface area contributed by atoms with Crippen LogP contribution in [0.15, 0.2) is 47.8 Å². The van der Waals surface area contributed by atoms with Crippen molar-refractivity contribution in [2.45, 2.75) is 38.1 Å². The van der Waals surface area contributed by atoms with Gasteiger partial charge in [-0.3, -0.25) is 4.79 Å². The Kier molecular flexibility index (Phi) is 8.45. The van der Waals surface area contributed by atoms with Crippen LogP contribution in [0.3, 0.4) is 0 Å². The van der Waals surface area contributed by atoms with Gasteiger partial charge in [0.1, 0.15) is 0 Å². The van der Waals surface area contributed by atoms with Gasteiger partial charge in [0.15, 0.2) is 0 Å². The molecule has 5 heteroatoms. The van der Waals surface area contributed by atoms with Gasteiger partial charge in [-0.1, -0.05) is 36.4 Å². The molecule has 1 unspecified atom stereocenters. The summed E-state index contributed by atoms with van der Waals surface area (Å²) in [6.45, 7) is 2.19. The lowest BCUT2D eigenvalue weighted by Gasteiger charge is -2.23. The molecule has 1 fully saturated rings. The number of nitrogens with one attached hydrogen (secondary N) is 2. The zero-order valence-electron chi connectivity index (χ0n) is 14.4. The molecule has 1 aliphatic heterocycles. The van der Waals surface area contributed by atoms with E-state index in [2.05, 4.69) is 52.4 Å². The second kappa shape index (κ2) is 10.6. The van der Waals surface area contributed by atoms with Crippen LogP contribution in [-0.2, 0) is 11.2 Å². The molecule has 1 aromatic carbocycles. The monoisotopic (exact) mass is 378 g/mol. The van der Waals surface area contributed by atoms with Gasteiger partial charge in [-0.25, -0.2) is 0 Å². The van der Waals surface area contributed by atoms with Crippen molar-refractivity contribution in [1.29, 1.82) is 0 Å². The average Bonchev–Trinajstić information content (AvgIpc) is 3.16. The molecule has 25 heavy (non-hydrogen) atoms. The van der Waals surface area contributed by atoms with Gasteiger partial charge in [-0.15, -0.1) is 23.7 Å². The highest BCUT2D eigenvalue weighted by molar-refractivity contribution is 7.10. The van der Waals surface area contributed by atoms with Crippen molar-refractivity contribution in [2.75, 3.05) is 13.1 Å². The summed E-state index contributed by atoms with van der Waals surface area (Å²) in [6, 6.07) is 14.6. The number of amides is 1. The molecule has 0 bridgehead atoms. The Balaban J connectivity index is 0.00000225. The fourth-order valence-corrected chi connectivity index (χ4v) is 4.11. The highest BCUT2D eigenvalue weighted by Gasteiger charge is 2.18. The van der Waals surface area contributed by atoms with Crippen LogP contribution in [0.5, 0.6) is 0 Å². The summed E-state index contributed by atoms with van der Waals surface area (Å²) in [4.78, 5) is 13.7. The zero-order valence-corrected chi connectivity index (χ0v) is 16.1. The van der Waals surface area contributed by atoms with Crippen LogP contribution < -0.4 is 10.6 Å². The second-order valence-electron chi connectivity index (χ2n) is 6.56. The third kappa shape index (κ3) is 6.46. The van der Waals surface area contributed by atoms with Crippen molar-refractivity contribution in [1.82, 2.24) is 10.6 Å². The fourth-order valence-electron chi connectivity index (χ4n) is 3.33. The van der Waals surface area contributed by atoms with Gasteiger partial charge in [0, 0.05) is 11.3 Å². The van der Waals surface area contributed by atoms with E-state index < -0.39 is 0 Å². The number of hydrogen-bond acceptors (Lipinski definition) is 3. The molecule has 2 heterocycles. The normalized spacial score (nSPS) is 16.0. The van der Waals surface area contributed by atoms with E-state index in [-0.39, 0.29) is 24.4 Å². The Morgan fingerprint density at radius 1 is 1.16 bits per heavy atom. The van der Waals surface area contributed by atoms with E-state index in [1.165, 1.54) is 23.3 Å². The Morgan fingerprint density at radius 3 is 2.60 bits per heavy atom. The van der Waals surface area contributed by atoms with E-state index in [0.717, 1.165) is 25.9 Å². The summed E-state index contributed by atoms with van der Waals surface area (Å²) in [5.41, 5.74) is 1.26. The molecule has 136 valence electrons. The van der Waals surface area contributed by atoms with Gasteiger partial charge in [0.2, 0.25) is 5.91 Å². The standard InChI is InChI=1S/C20H26N2OS.ClH/c23-20(9-8-16-10-12-21-13-11-16)22-18(19-7-4-14-24-19)15-17-5-2-1-3-6-17;/h1-7,14,16,18,21H,8-13,15H2,(H,22,23);1H. The van der Waals surface area contributed by atoms with Gasteiger partial charge in [-0.05, 0) is 61.7 Å². The van der Waals surface area contributed by atoms with E-state index in [9.17, 15) is 4.79 Å². The van der Waals surface area contributed by atoms with Gasteiger partial charge >= 0.3 is 0 Å². The number of hydrogen-bond donors (Lipinski definition) is 2. The molecule has 0 radical (unpaired) electrons. The van der Waals surface area contributed by atoms with Crippen molar-refractivity contribution in [3.8, 4) is 0 Å². The molecule has 1 amide bonds. The minimum absolute atomic E-state index is 0. The van der Waals surface area contributed by atoms with Crippen LogP contribution in [0.25, 0.3) is 0 Å². The van der Waals surface area contributed by atoms with Crippen LogP contribution >= 0.6 is 23.7 Å². The summed E-state index contributed by atoms with van der Waals surface area (Å²) in [7, 11) is 0. The van der Waals surface area contributed by atoms with Crippen molar-refractivity contribution >= 4 is 29.7 Å². The van der Waals surface area contributed by atoms with Gasteiger partial charge in [-0.2, -0.15) is 0 Å². The number of carbonyl (C=O) groups excluding carboxylic acids is 1. The zero-order chi connectivity index (χ0) is 16.6. The summed E-state index contributed by atoms with van der Waals surface area (Å²) in [5, 5.41) is 8.72. The molecule has 1 aliphatic rings. The van der Waals surface area contributed by atoms with E-state index in [0.29, 0.717) is 12.3 Å². The third-order valence-electron chi connectivity index (χ3n) is 4.74. The number of thiophene rings is 1. The molecule has 1 saturated heterocycles. The Morgan fingerprint density at radius 2 is 1.92 bits per heavy atom. The highest BCUT2D eigenvalue weighted by atomic mass is 35.5. The number of piperidine rings is 1. The molecule has 2 N–H and O–H groups in total. The minimum atomic E-state index is 0. The smallest absolute Gasteiger partial charge is 0.220 e. The summed E-state index contributed by atoms with van der Waals surface area (Å²) < 4.78 is 0. The van der Waals surface area contributed by atoms with Crippen LogP contribution in [-0.4, -0.2) is 19.0 Å². The first-order chi connectivity index (χ1) is 11.8. The molecular formula is C20H27ClN2OS. The Hall–Kier alpha value is -1.36. The molecular weight excluding hydrogens is 352 g/mol. The second-order valence-corrected chi connectivity index (χ2v) is 7.54. The van der Waals surface area contributed by atoms with Crippen molar-refractivity contribution in [3.05, 3.63) is 58.3 Å². The Labute approximate surface area is 160 Å². The molecule has 3 rings (SSSR count). The summed E-state index contributed by atoms with van der Waals surface area (Å²) in [6.07, 6.45) is 4.90. The lowest BCUT2D eigenvalue weighted by atomic mass is 9.93. The molecule has 2 aromatic rings. The lowest BCUT2D eigenvalue weighted by molar-refractivity contribution is -0.122. The maximum atomic E-state index is 12.5. The Bertz CT molecular complexity index is 612. The van der Waals surface area contributed by atoms with E-state index in [1.54, 1.807) is 11.3 Å². The maximum Gasteiger partial charge on any atom is 0.220 e. The van der Waals surface area contributed by atoms with Gasteiger partial charge in [0.05, 0.1) is 6.04 Å². The molecule has 1 aromatic heterocycles. The molecule has 0 spiro atoms. The fraction of sp³-hybridized carbons (Fsp3) is 0.450. The van der Waals surface area contributed by atoms with Crippen LogP contribution in [0.1, 0.15) is 42.2 Å². The molecule has 0 saturated carbocycles. The predicted octanol–water partition coefficient (Wildman–Crippen LogP) is 4.35. The molecule has 3 nitrogen and oxygen atoms in total. The number of rotatable bonds is 7.